The number of ether oxygens (including phenoxy) is 1. The van der Waals surface area contributed by atoms with Crippen LogP contribution in [0, 0.1) is 6.92 Å². The predicted molar refractivity (Wildman–Crippen MR) is 107 cm³/mol. The Morgan fingerprint density at radius 2 is 1.90 bits per heavy atom. The molecule has 29 heavy (non-hydrogen) atoms. The number of benzene rings is 2. The van der Waals surface area contributed by atoms with Crippen molar-refractivity contribution in [3.63, 3.8) is 0 Å². The second kappa shape index (κ2) is 8.18. The van der Waals surface area contributed by atoms with Gasteiger partial charge in [-0.05, 0) is 24.1 Å². The first-order valence-corrected chi connectivity index (χ1v) is 9.43. The predicted octanol–water partition coefficient (Wildman–Crippen LogP) is 2.75. The number of aryl methyl sites for hydroxylation is 1. The van der Waals surface area contributed by atoms with Crippen molar-refractivity contribution in [1.29, 1.82) is 0 Å². The molecular weight excluding hydrogens is 370 g/mol. The lowest BCUT2D eigenvalue weighted by Gasteiger charge is -2.33. The van der Waals surface area contributed by atoms with Gasteiger partial charge in [-0.15, -0.1) is 0 Å². The Kier molecular flexibility index (Phi) is 5.29. The molecule has 1 aliphatic heterocycles. The zero-order valence-corrected chi connectivity index (χ0v) is 16.0. The van der Waals surface area contributed by atoms with Crippen molar-refractivity contribution in [1.82, 2.24) is 10.3 Å². The van der Waals surface area contributed by atoms with Gasteiger partial charge in [-0.25, -0.2) is 4.98 Å². The van der Waals surface area contributed by atoms with Gasteiger partial charge in [0, 0.05) is 13.5 Å². The molecule has 148 valence electrons. The summed E-state index contributed by atoms with van der Waals surface area (Å²) in [7, 11) is 0. The van der Waals surface area contributed by atoms with Crippen molar-refractivity contribution in [2.75, 3.05) is 18.0 Å². The van der Waals surface area contributed by atoms with E-state index < -0.39 is 6.10 Å². The summed E-state index contributed by atoms with van der Waals surface area (Å²) in [6.45, 7) is 2.26. The van der Waals surface area contributed by atoms with Crippen LogP contribution in [0.4, 0.5) is 5.69 Å². The number of nitrogens with one attached hydrogen (secondary N) is 1. The van der Waals surface area contributed by atoms with E-state index in [2.05, 4.69) is 10.3 Å². The Hall–Kier alpha value is -3.61. The summed E-state index contributed by atoms with van der Waals surface area (Å²) in [5.41, 5.74) is 1.94. The van der Waals surface area contributed by atoms with Gasteiger partial charge in [0.1, 0.15) is 12.0 Å². The molecule has 0 radical (unpaired) electrons. The van der Waals surface area contributed by atoms with E-state index in [9.17, 15) is 9.59 Å². The van der Waals surface area contributed by atoms with Crippen LogP contribution in [0.25, 0.3) is 0 Å². The Bertz CT molecular complexity index is 1020. The minimum atomic E-state index is -0.808. The molecule has 3 aromatic rings. The fourth-order valence-electron chi connectivity index (χ4n) is 3.25. The van der Waals surface area contributed by atoms with E-state index in [4.69, 9.17) is 9.15 Å². The zero-order chi connectivity index (χ0) is 20.2. The van der Waals surface area contributed by atoms with E-state index in [0.717, 1.165) is 12.0 Å². The third-order valence-electron chi connectivity index (χ3n) is 4.71. The van der Waals surface area contributed by atoms with Gasteiger partial charge in [0.05, 0.1) is 12.2 Å². The van der Waals surface area contributed by atoms with Crippen LogP contribution in [0.1, 0.15) is 21.9 Å². The molecule has 0 saturated carbocycles. The highest BCUT2D eigenvalue weighted by atomic mass is 16.5. The molecule has 7 nitrogen and oxygen atoms in total. The number of aromatic nitrogens is 1. The zero-order valence-electron chi connectivity index (χ0n) is 16.0. The van der Waals surface area contributed by atoms with E-state index in [-0.39, 0.29) is 24.1 Å². The van der Waals surface area contributed by atoms with E-state index in [1.807, 2.05) is 36.4 Å². The molecule has 1 atom stereocenters. The molecule has 0 saturated heterocycles. The van der Waals surface area contributed by atoms with Crippen molar-refractivity contribution >= 4 is 17.5 Å². The van der Waals surface area contributed by atoms with Crippen LogP contribution < -0.4 is 15.0 Å². The van der Waals surface area contributed by atoms with E-state index >= 15 is 0 Å². The smallest absolute Gasteiger partial charge is 0.280 e. The molecule has 0 spiro atoms. The monoisotopic (exact) mass is 391 g/mol. The van der Waals surface area contributed by atoms with Gasteiger partial charge < -0.3 is 14.5 Å². The molecule has 1 aliphatic rings. The molecule has 7 heteroatoms. The molecular formula is C22H21N3O4. The fraction of sp³-hybridized carbons (Fsp3) is 0.227. The average Bonchev–Trinajstić information content (AvgIpc) is 3.19. The number of hydrogen-bond acceptors (Lipinski definition) is 5. The standard InChI is InChI=1S/C22H21N3O4/c1-15-24-17(14-28-15)22(27)25-13-20(29-19-10-6-5-9-18(19)25)21(26)23-12-11-16-7-3-2-4-8-16/h2-10,14,20H,11-13H2,1H3,(H,23,26)/t20-/m0/s1. The number of carbonyl (C=O) groups excluding carboxylic acids is 2. The topological polar surface area (TPSA) is 84.7 Å². The first-order valence-electron chi connectivity index (χ1n) is 9.43. The summed E-state index contributed by atoms with van der Waals surface area (Å²) >= 11 is 0. The number of hydrogen-bond donors (Lipinski definition) is 1. The maximum Gasteiger partial charge on any atom is 0.280 e. The lowest BCUT2D eigenvalue weighted by molar-refractivity contribution is -0.127. The van der Waals surface area contributed by atoms with Crippen LogP contribution >= 0.6 is 0 Å². The molecule has 0 bridgehead atoms. The van der Waals surface area contributed by atoms with Gasteiger partial charge in [-0.1, -0.05) is 42.5 Å². The van der Waals surface area contributed by atoms with E-state index in [1.54, 1.807) is 25.1 Å². The van der Waals surface area contributed by atoms with Crippen LogP contribution in [-0.2, 0) is 11.2 Å². The minimum Gasteiger partial charge on any atom is -0.477 e. The number of oxazole rings is 1. The van der Waals surface area contributed by atoms with Gasteiger partial charge in [0.25, 0.3) is 11.8 Å². The second-order valence-electron chi connectivity index (χ2n) is 6.77. The fourth-order valence-corrected chi connectivity index (χ4v) is 3.25. The average molecular weight is 391 g/mol. The summed E-state index contributed by atoms with van der Waals surface area (Å²) in [6.07, 6.45) is 1.24. The molecule has 1 N–H and O–H groups in total. The summed E-state index contributed by atoms with van der Waals surface area (Å²) in [5.74, 6) is 0.296. The highest BCUT2D eigenvalue weighted by molar-refractivity contribution is 6.06. The lowest BCUT2D eigenvalue weighted by atomic mass is 10.1. The SMILES string of the molecule is Cc1nc(C(=O)N2C[C@@H](C(=O)NCCc3ccccc3)Oc3ccccc32)co1. The molecule has 0 aliphatic carbocycles. The van der Waals surface area contributed by atoms with Crippen molar-refractivity contribution < 1.29 is 18.7 Å². The Morgan fingerprint density at radius 1 is 1.14 bits per heavy atom. The summed E-state index contributed by atoms with van der Waals surface area (Å²) < 4.78 is 11.0. The largest absolute Gasteiger partial charge is 0.477 e. The van der Waals surface area contributed by atoms with Crippen molar-refractivity contribution in [3.05, 3.63) is 78.0 Å². The quantitative estimate of drug-likeness (QED) is 0.723. The maximum absolute atomic E-state index is 13.0. The van der Waals surface area contributed by atoms with Crippen LogP contribution in [0.15, 0.2) is 65.3 Å². The first kappa shape index (κ1) is 18.7. The summed E-state index contributed by atoms with van der Waals surface area (Å²) in [5, 5.41) is 2.90. The van der Waals surface area contributed by atoms with Crippen molar-refractivity contribution in [2.45, 2.75) is 19.4 Å². The molecule has 4 rings (SSSR count). The number of rotatable bonds is 5. The third kappa shape index (κ3) is 4.13. The molecule has 2 aromatic carbocycles. The maximum atomic E-state index is 13.0. The van der Waals surface area contributed by atoms with Gasteiger partial charge >= 0.3 is 0 Å². The van der Waals surface area contributed by atoms with Crippen LogP contribution in [-0.4, -0.2) is 36.0 Å². The van der Waals surface area contributed by atoms with E-state index in [1.165, 1.54) is 11.2 Å². The number of amides is 2. The van der Waals surface area contributed by atoms with Crippen molar-refractivity contribution in [2.24, 2.45) is 0 Å². The van der Waals surface area contributed by atoms with Crippen LogP contribution in [0.2, 0.25) is 0 Å². The summed E-state index contributed by atoms with van der Waals surface area (Å²) in [4.78, 5) is 31.3. The highest BCUT2D eigenvalue weighted by Crippen LogP contribution is 2.34. The normalized spacial score (nSPS) is 15.3. The highest BCUT2D eigenvalue weighted by Gasteiger charge is 2.34. The molecule has 2 heterocycles. The lowest BCUT2D eigenvalue weighted by Crippen LogP contribution is -2.51. The summed E-state index contributed by atoms with van der Waals surface area (Å²) in [6, 6.07) is 17.1. The number of para-hydroxylation sites is 2. The number of fused-ring (bicyclic) bond motifs is 1. The number of nitrogens with zero attached hydrogens (tertiary/aromatic N) is 2. The molecule has 0 fully saturated rings. The van der Waals surface area contributed by atoms with Gasteiger partial charge in [-0.3, -0.25) is 14.5 Å². The molecule has 0 unspecified atom stereocenters. The molecule has 2 amide bonds. The second-order valence-corrected chi connectivity index (χ2v) is 6.77. The Balaban J connectivity index is 1.47. The van der Waals surface area contributed by atoms with Gasteiger partial charge in [0.2, 0.25) is 0 Å². The van der Waals surface area contributed by atoms with E-state index in [0.29, 0.717) is 23.9 Å². The van der Waals surface area contributed by atoms with Gasteiger partial charge in [-0.2, -0.15) is 0 Å². The van der Waals surface area contributed by atoms with Crippen LogP contribution in [0.5, 0.6) is 5.75 Å². The number of carbonyl (C=O) groups is 2. The first-order chi connectivity index (χ1) is 14.1. The third-order valence-corrected chi connectivity index (χ3v) is 4.71. The number of anilines is 1. The van der Waals surface area contributed by atoms with Crippen molar-refractivity contribution in [3.8, 4) is 5.75 Å². The minimum absolute atomic E-state index is 0.0962. The molecule has 1 aromatic heterocycles. The Labute approximate surface area is 168 Å². The van der Waals surface area contributed by atoms with Gasteiger partial charge in [0.15, 0.2) is 17.7 Å². The Morgan fingerprint density at radius 3 is 2.66 bits per heavy atom. The van der Waals surface area contributed by atoms with Crippen LogP contribution in [0.3, 0.4) is 0 Å².